The molecule has 0 fully saturated rings. The number of carbonyl (C=O) groups excluding carboxylic acids is 2. The van der Waals surface area contributed by atoms with Gasteiger partial charge in [0.1, 0.15) is 11.8 Å². The molecule has 0 saturated carbocycles. The molecule has 162 valence electrons. The molecule has 2 aromatic rings. The van der Waals surface area contributed by atoms with Crippen LogP contribution >= 0.6 is 23.2 Å². The van der Waals surface area contributed by atoms with E-state index in [1.54, 1.807) is 18.2 Å². The number of benzene rings is 2. The Morgan fingerprint density at radius 2 is 1.83 bits per heavy atom. The third-order valence-corrected chi connectivity index (χ3v) is 5.72. The van der Waals surface area contributed by atoms with Crippen LogP contribution in [0.5, 0.6) is 5.75 Å². The minimum absolute atomic E-state index is 0.165. The molecule has 0 heterocycles. The minimum Gasteiger partial charge on any atom is -0.483 e. The summed E-state index contributed by atoms with van der Waals surface area (Å²) in [5, 5.41) is 3.65. The van der Waals surface area contributed by atoms with Gasteiger partial charge in [-0.2, -0.15) is 0 Å². The van der Waals surface area contributed by atoms with Crippen molar-refractivity contribution in [1.29, 1.82) is 0 Å². The average Bonchev–Trinajstić information content (AvgIpc) is 2.71. The van der Waals surface area contributed by atoms with Crippen LogP contribution in [0.15, 0.2) is 36.4 Å². The first-order valence-electron chi connectivity index (χ1n) is 9.98. The highest BCUT2D eigenvalue weighted by molar-refractivity contribution is 6.42. The third kappa shape index (κ3) is 6.13. The van der Waals surface area contributed by atoms with Gasteiger partial charge in [0.05, 0.1) is 10.0 Å². The zero-order valence-corrected chi connectivity index (χ0v) is 19.3. The van der Waals surface area contributed by atoms with Gasteiger partial charge in [0.25, 0.3) is 5.91 Å². The van der Waals surface area contributed by atoms with Gasteiger partial charge in [0, 0.05) is 13.1 Å². The van der Waals surface area contributed by atoms with E-state index in [1.807, 2.05) is 45.9 Å². The van der Waals surface area contributed by atoms with E-state index >= 15 is 0 Å². The van der Waals surface area contributed by atoms with E-state index in [1.165, 1.54) is 4.90 Å². The molecule has 0 spiro atoms. The minimum atomic E-state index is -0.617. The van der Waals surface area contributed by atoms with Crippen LogP contribution in [0.25, 0.3) is 0 Å². The van der Waals surface area contributed by atoms with Crippen LogP contribution in [0.2, 0.25) is 10.0 Å². The molecular formula is C23H28Cl2N2O3. The van der Waals surface area contributed by atoms with Crippen LogP contribution in [0.3, 0.4) is 0 Å². The Morgan fingerprint density at radius 1 is 1.10 bits per heavy atom. The summed E-state index contributed by atoms with van der Waals surface area (Å²) in [6.07, 6.45) is 0.475. The lowest BCUT2D eigenvalue weighted by molar-refractivity contribution is -0.142. The van der Waals surface area contributed by atoms with E-state index in [2.05, 4.69) is 5.32 Å². The fourth-order valence-corrected chi connectivity index (χ4v) is 3.47. The number of nitrogens with zero attached hydrogens (tertiary/aromatic N) is 1. The van der Waals surface area contributed by atoms with Gasteiger partial charge in [0.15, 0.2) is 6.61 Å². The number of hydrogen-bond acceptors (Lipinski definition) is 3. The Hall–Kier alpha value is -2.24. The number of hydrogen-bond donors (Lipinski definition) is 1. The summed E-state index contributed by atoms with van der Waals surface area (Å²) in [6, 6.07) is 10.3. The molecule has 0 unspecified atom stereocenters. The predicted octanol–water partition coefficient (Wildman–Crippen LogP) is 4.93. The lowest BCUT2D eigenvalue weighted by Crippen LogP contribution is -2.50. The number of ether oxygens (including phenoxy) is 1. The topological polar surface area (TPSA) is 58.6 Å². The Kier molecular flexibility index (Phi) is 9.00. The first kappa shape index (κ1) is 24.0. The van der Waals surface area contributed by atoms with Crippen molar-refractivity contribution in [2.75, 3.05) is 13.2 Å². The fourth-order valence-electron chi connectivity index (χ4n) is 3.15. The molecule has 2 aromatic carbocycles. The lowest BCUT2D eigenvalue weighted by atomic mass is 10.1. The fraction of sp³-hybridized carbons (Fsp3) is 0.391. The second-order valence-corrected chi connectivity index (χ2v) is 7.89. The number of amides is 2. The number of carbonyl (C=O) groups is 2. The molecule has 2 rings (SSSR count). The lowest BCUT2D eigenvalue weighted by Gasteiger charge is -2.30. The Balaban J connectivity index is 2.26. The summed E-state index contributed by atoms with van der Waals surface area (Å²) in [6.45, 7) is 8.21. The van der Waals surface area contributed by atoms with Crippen molar-refractivity contribution in [2.24, 2.45) is 0 Å². The maximum atomic E-state index is 13.1. The van der Waals surface area contributed by atoms with Crippen molar-refractivity contribution in [3.05, 3.63) is 63.1 Å². The molecule has 7 heteroatoms. The van der Waals surface area contributed by atoms with E-state index in [0.717, 1.165) is 16.7 Å². The normalized spacial score (nSPS) is 11.7. The molecule has 1 atom stereocenters. The zero-order valence-electron chi connectivity index (χ0n) is 17.8. The second kappa shape index (κ2) is 11.2. The van der Waals surface area contributed by atoms with Gasteiger partial charge in [0.2, 0.25) is 5.91 Å². The van der Waals surface area contributed by atoms with Gasteiger partial charge in [-0.3, -0.25) is 9.59 Å². The molecule has 5 nitrogen and oxygen atoms in total. The maximum Gasteiger partial charge on any atom is 0.261 e. The second-order valence-electron chi connectivity index (χ2n) is 7.08. The van der Waals surface area contributed by atoms with Crippen LogP contribution in [0.4, 0.5) is 0 Å². The first-order valence-corrected chi connectivity index (χ1v) is 10.7. The zero-order chi connectivity index (χ0) is 22.3. The number of aryl methyl sites for hydroxylation is 1. The molecule has 1 N–H and O–H groups in total. The van der Waals surface area contributed by atoms with E-state index < -0.39 is 6.04 Å². The Labute approximate surface area is 188 Å². The van der Waals surface area contributed by atoms with Crippen molar-refractivity contribution in [3.63, 3.8) is 0 Å². The summed E-state index contributed by atoms with van der Waals surface area (Å²) in [5.41, 5.74) is 2.85. The van der Waals surface area contributed by atoms with Crippen LogP contribution in [-0.4, -0.2) is 35.9 Å². The number of nitrogens with one attached hydrogen (secondary N) is 1. The average molecular weight is 451 g/mol. The maximum absolute atomic E-state index is 13.1. The van der Waals surface area contributed by atoms with E-state index in [4.69, 9.17) is 27.9 Å². The molecule has 0 bridgehead atoms. The SMILES string of the molecule is CCNC(=O)[C@@H](CC)N(Cc1ccc(Cl)c(Cl)c1)C(=O)COc1cccc(C)c1C. The van der Waals surface area contributed by atoms with Crippen molar-refractivity contribution in [1.82, 2.24) is 10.2 Å². The van der Waals surface area contributed by atoms with Gasteiger partial charge < -0.3 is 15.0 Å². The van der Waals surface area contributed by atoms with E-state index in [0.29, 0.717) is 28.8 Å². The van der Waals surface area contributed by atoms with E-state index in [-0.39, 0.29) is 25.0 Å². The number of halogens is 2. The van der Waals surface area contributed by atoms with Crippen LogP contribution < -0.4 is 10.1 Å². The van der Waals surface area contributed by atoms with Crippen molar-refractivity contribution in [2.45, 2.75) is 46.7 Å². The van der Waals surface area contributed by atoms with Crippen LogP contribution in [-0.2, 0) is 16.1 Å². The largest absolute Gasteiger partial charge is 0.483 e. The molecular weight excluding hydrogens is 423 g/mol. The Bertz CT molecular complexity index is 902. The molecule has 0 aliphatic heterocycles. The monoisotopic (exact) mass is 450 g/mol. The van der Waals surface area contributed by atoms with Gasteiger partial charge >= 0.3 is 0 Å². The quantitative estimate of drug-likeness (QED) is 0.588. The molecule has 2 amide bonds. The summed E-state index contributed by atoms with van der Waals surface area (Å²) < 4.78 is 5.81. The van der Waals surface area contributed by atoms with Gasteiger partial charge in [-0.15, -0.1) is 0 Å². The smallest absolute Gasteiger partial charge is 0.261 e. The summed E-state index contributed by atoms with van der Waals surface area (Å²) >= 11 is 12.1. The molecule has 0 aliphatic carbocycles. The molecule has 30 heavy (non-hydrogen) atoms. The van der Waals surface area contributed by atoms with Gasteiger partial charge in [-0.25, -0.2) is 0 Å². The molecule has 0 radical (unpaired) electrons. The molecule has 0 aromatic heterocycles. The Morgan fingerprint density at radius 3 is 2.47 bits per heavy atom. The number of rotatable bonds is 9. The van der Waals surface area contributed by atoms with Crippen LogP contribution in [0.1, 0.15) is 37.0 Å². The predicted molar refractivity (Wildman–Crippen MR) is 121 cm³/mol. The standard InChI is InChI=1S/C23H28Cl2N2O3/c1-5-20(23(29)26-6-2)27(13-17-10-11-18(24)19(25)12-17)22(28)14-30-21-9-7-8-15(3)16(21)4/h7-12,20H,5-6,13-14H2,1-4H3,(H,26,29)/t20-/m1/s1. The molecule has 0 saturated heterocycles. The molecule has 0 aliphatic rings. The summed E-state index contributed by atoms with van der Waals surface area (Å²) in [5.74, 6) is 0.184. The van der Waals surface area contributed by atoms with Crippen molar-refractivity contribution in [3.8, 4) is 5.75 Å². The summed E-state index contributed by atoms with van der Waals surface area (Å²) in [7, 11) is 0. The third-order valence-electron chi connectivity index (χ3n) is 4.98. The first-order chi connectivity index (χ1) is 14.3. The van der Waals surface area contributed by atoms with Crippen LogP contribution in [0, 0.1) is 13.8 Å². The highest BCUT2D eigenvalue weighted by Gasteiger charge is 2.28. The van der Waals surface area contributed by atoms with Gasteiger partial charge in [-0.05, 0) is 62.1 Å². The highest BCUT2D eigenvalue weighted by atomic mass is 35.5. The summed E-state index contributed by atoms with van der Waals surface area (Å²) in [4.78, 5) is 27.3. The number of likely N-dealkylation sites (N-methyl/N-ethyl adjacent to an activating group) is 1. The van der Waals surface area contributed by atoms with Crippen molar-refractivity contribution >= 4 is 35.0 Å². The van der Waals surface area contributed by atoms with Crippen molar-refractivity contribution < 1.29 is 14.3 Å². The van der Waals surface area contributed by atoms with E-state index in [9.17, 15) is 9.59 Å². The van der Waals surface area contributed by atoms with Gasteiger partial charge in [-0.1, -0.05) is 48.3 Å². The highest BCUT2D eigenvalue weighted by Crippen LogP contribution is 2.25.